The first kappa shape index (κ1) is 23.0. The Hall–Kier alpha value is -2.03. The Morgan fingerprint density at radius 1 is 1.15 bits per heavy atom. The minimum Gasteiger partial charge on any atom is -0.497 e. The van der Waals surface area contributed by atoms with E-state index < -0.39 is 0 Å². The van der Waals surface area contributed by atoms with Gasteiger partial charge in [-0.3, -0.25) is 14.5 Å². The second-order valence-corrected chi connectivity index (χ2v) is 6.27. The number of methoxy groups -OCH3 is 2. The van der Waals surface area contributed by atoms with Crippen molar-refractivity contribution in [3.8, 4) is 11.5 Å². The Balaban J connectivity index is 0.00000364. The lowest BCUT2D eigenvalue weighted by Gasteiger charge is -2.28. The zero-order valence-corrected chi connectivity index (χ0v) is 16.9. The molecular weight excluding hydrogens is 372 g/mol. The van der Waals surface area contributed by atoms with E-state index in [1.807, 2.05) is 16.8 Å². The minimum absolute atomic E-state index is 0. The summed E-state index contributed by atoms with van der Waals surface area (Å²) >= 11 is 0. The molecule has 0 aromatic heterocycles. The summed E-state index contributed by atoms with van der Waals surface area (Å²) in [6.45, 7) is 3.93. The molecule has 1 aromatic rings. The van der Waals surface area contributed by atoms with Gasteiger partial charge < -0.3 is 25.0 Å². The second-order valence-electron chi connectivity index (χ2n) is 6.27. The number of rotatable bonds is 8. The molecule has 152 valence electrons. The highest BCUT2D eigenvalue weighted by Crippen LogP contribution is 2.25. The van der Waals surface area contributed by atoms with E-state index in [1.54, 1.807) is 32.4 Å². The smallest absolute Gasteiger partial charge is 0.238 e. The predicted octanol–water partition coefficient (Wildman–Crippen LogP) is 0.818. The van der Waals surface area contributed by atoms with Crippen LogP contribution in [0.3, 0.4) is 0 Å². The zero-order valence-electron chi connectivity index (χ0n) is 16.1. The van der Waals surface area contributed by atoms with Crippen LogP contribution >= 0.6 is 12.4 Å². The van der Waals surface area contributed by atoms with Crippen molar-refractivity contribution >= 4 is 29.9 Å². The predicted molar refractivity (Wildman–Crippen MR) is 107 cm³/mol. The van der Waals surface area contributed by atoms with E-state index in [0.29, 0.717) is 30.2 Å². The van der Waals surface area contributed by atoms with E-state index in [9.17, 15) is 9.59 Å². The Labute approximate surface area is 166 Å². The number of ether oxygens (including phenoxy) is 2. The van der Waals surface area contributed by atoms with E-state index in [1.165, 1.54) is 0 Å². The summed E-state index contributed by atoms with van der Waals surface area (Å²) in [5, 5.41) is 6.05. The first-order valence-corrected chi connectivity index (χ1v) is 8.71. The van der Waals surface area contributed by atoms with Crippen molar-refractivity contribution in [3.63, 3.8) is 0 Å². The van der Waals surface area contributed by atoms with Gasteiger partial charge in [0.15, 0.2) is 0 Å². The Morgan fingerprint density at radius 2 is 1.74 bits per heavy atom. The first-order chi connectivity index (χ1) is 12.5. The van der Waals surface area contributed by atoms with Gasteiger partial charge in [0, 0.05) is 63.0 Å². The van der Waals surface area contributed by atoms with Crippen LogP contribution in [0.2, 0.25) is 0 Å². The molecule has 0 atom stereocenters. The normalized spacial score (nSPS) is 13.7. The molecule has 1 heterocycles. The summed E-state index contributed by atoms with van der Waals surface area (Å²) in [4.78, 5) is 28.1. The lowest BCUT2D eigenvalue weighted by atomic mass is 10.2. The van der Waals surface area contributed by atoms with Gasteiger partial charge in [0.25, 0.3) is 0 Å². The number of benzene rings is 1. The largest absolute Gasteiger partial charge is 0.497 e. The van der Waals surface area contributed by atoms with Gasteiger partial charge in [-0.15, -0.1) is 12.4 Å². The molecule has 0 aliphatic carbocycles. The molecule has 0 spiro atoms. The quantitative estimate of drug-likeness (QED) is 0.672. The monoisotopic (exact) mass is 400 g/mol. The lowest BCUT2D eigenvalue weighted by molar-refractivity contribution is -0.132. The van der Waals surface area contributed by atoms with Gasteiger partial charge in [-0.2, -0.15) is 0 Å². The van der Waals surface area contributed by atoms with Crippen LogP contribution in [0.4, 0.5) is 5.69 Å². The fourth-order valence-electron chi connectivity index (χ4n) is 2.76. The van der Waals surface area contributed by atoms with Crippen molar-refractivity contribution in [2.45, 2.75) is 6.42 Å². The van der Waals surface area contributed by atoms with Gasteiger partial charge in [0.2, 0.25) is 11.8 Å². The molecule has 1 aliphatic heterocycles. The van der Waals surface area contributed by atoms with Gasteiger partial charge in [-0.1, -0.05) is 0 Å². The average Bonchev–Trinajstić information content (AvgIpc) is 2.66. The summed E-state index contributed by atoms with van der Waals surface area (Å²) in [6.07, 6.45) is 0.413. The fourth-order valence-corrected chi connectivity index (χ4v) is 2.76. The van der Waals surface area contributed by atoms with E-state index in [0.717, 1.165) is 26.2 Å². The van der Waals surface area contributed by atoms with Crippen molar-refractivity contribution in [1.82, 2.24) is 15.1 Å². The van der Waals surface area contributed by atoms with Crippen LogP contribution in [-0.2, 0) is 9.59 Å². The molecule has 2 N–H and O–H groups in total. The minimum atomic E-state index is -0.155. The van der Waals surface area contributed by atoms with E-state index >= 15 is 0 Å². The van der Waals surface area contributed by atoms with Crippen LogP contribution in [0.5, 0.6) is 11.5 Å². The summed E-state index contributed by atoms with van der Waals surface area (Å²) in [5.74, 6) is 1.19. The molecule has 0 radical (unpaired) electrons. The molecule has 0 unspecified atom stereocenters. The molecule has 9 heteroatoms. The average molecular weight is 401 g/mol. The van der Waals surface area contributed by atoms with Crippen LogP contribution in [0.25, 0.3) is 0 Å². The van der Waals surface area contributed by atoms with E-state index in [-0.39, 0.29) is 30.8 Å². The number of halogens is 1. The highest BCUT2D eigenvalue weighted by atomic mass is 35.5. The molecule has 27 heavy (non-hydrogen) atoms. The maximum Gasteiger partial charge on any atom is 0.238 e. The summed E-state index contributed by atoms with van der Waals surface area (Å²) < 4.78 is 10.4. The van der Waals surface area contributed by atoms with Crippen LogP contribution < -0.4 is 20.1 Å². The number of carbonyl (C=O) groups excluding carboxylic acids is 2. The second kappa shape index (κ2) is 11.6. The third-order valence-electron chi connectivity index (χ3n) is 4.23. The molecule has 2 rings (SSSR count). The van der Waals surface area contributed by atoms with Crippen molar-refractivity contribution in [1.29, 1.82) is 0 Å². The molecule has 1 aliphatic rings. The Morgan fingerprint density at radius 3 is 2.30 bits per heavy atom. The van der Waals surface area contributed by atoms with Gasteiger partial charge in [0.1, 0.15) is 11.5 Å². The number of piperazine rings is 1. The Bertz CT molecular complexity index is 601. The maximum atomic E-state index is 12.2. The first-order valence-electron chi connectivity index (χ1n) is 8.71. The number of likely N-dealkylation sites (N-methyl/N-ethyl adjacent to an activating group) is 1. The van der Waals surface area contributed by atoms with Gasteiger partial charge in [-0.25, -0.2) is 0 Å². The van der Waals surface area contributed by atoms with Crippen molar-refractivity contribution < 1.29 is 19.1 Å². The number of carbonyl (C=O) groups is 2. The van der Waals surface area contributed by atoms with Gasteiger partial charge >= 0.3 is 0 Å². The standard InChI is InChI=1S/C18H28N4O4.ClH/c1-21(7-4-18(24)22-8-5-19-6-9-22)13-17(23)20-14-10-15(25-2)12-16(11-14)26-3;/h10-12,19H,4-9,13H2,1-3H3,(H,20,23);1H. The van der Waals surface area contributed by atoms with Crippen molar-refractivity contribution in [2.24, 2.45) is 0 Å². The lowest BCUT2D eigenvalue weighted by Crippen LogP contribution is -2.47. The number of amides is 2. The molecule has 1 aromatic carbocycles. The van der Waals surface area contributed by atoms with Crippen LogP contribution in [0.1, 0.15) is 6.42 Å². The highest BCUT2D eigenvalue weighted by Gasteiger charge is 2.17. The fraction of sp³-hybridized carbons (Fsp3) is 0.556. The number of hydrogen-bond donors (Lipinski definition) is 2. The molecule has 2 amide bonds. The van der Waals surface area contributed by atoms with E-state index in [2.05, 4.69) is 10.6 Å². The van der Waals surface area contributed by atoms with Crippen molar-refractivity contribution in [2.75, 3.05) is 65.9 Å². The summed E-state index contributed by atoms with van der Waals surface area (Å²) in [7, 11) is 4.95. The summed E-state index contributed by atoms with van der Waals surface area (Å²) in [6, 6.07) is 5.20. The zero-order chi connectivity index (χ0) is 18.9. The van der Waals surface area contributed by atoms with Gasteiger partial charge in [-0.05, 0) is 7.05 Å². The molecular formula is C18H29ClN4O4. The number of nitrogens with zero attached hydrogens (tertiary/aromatic N) is 2. The number of hydrogen-bond acceptors (Lipinski definition) is 6. The van der Waals surface area contributed by atoms with Crippen molar-refractivity contribution in [3.05, 3.63) is 18.2 Å². The number of nitrogens with one attached hydrogen (secondary N) is 2. The topological polar surface area (TPSA) is 83.1 Å². The summed E-state index contributed by atoms with van der Waals surface area (Å²) in [5.41, 5.74) is 0.608. The van der Waals surface area contributed by atoms with E-state index in [4.69, 9.17) is 9.47 Å². The molecule has 0 bridgehead atoms. The third kappa shape index (κ3) is 7.62. The Kier molecular flexibility index (Phi) is 9.92. The number of anilines is 1. The molecule has 1 fully saturated rings. The third-order valence-corrected chi connectivity index (χ3v) is 4.23. The SMILES string of the molecule is COc1cc(NC(=O)CN(C)CCC(=O)N2CCNCC2)cc(OC)c1.Cl. The van der Waals surface area contributed by atoms with Gasteiger partial charge in [0.05, 0.1) is 20.8 Å². The maximum absolute atomic E-state index is 12.2. The highest BCUT2D eigenvalue weighted by molar-refractivity contribution is 5.92. The van der Waals surface area contributed by atoms with Crippen LogP contribution in [0.15, 0.2) is 18.2 Å². The molecule has 0 saturated carbocycles. The molecule has 1 saturated heterocycles. The molecule has 8 nitrogen and oxygen atoms in total. The van der Waals surface area contributed by atoms with Crippen LogP contribution in [-0.4, -0.2) is 82.1 Å². The van der Waals surface area contributed by atoms with Crippen LogP contribution in [0, 0.1) is 0 Å².